The number of rotatable bonds is 4. The van der Waals surface area contributed by atoms with Gasteiger partial charge in [0.1, 0.15) is 6.04 Å². The normalized spacial score (nSPS) is 18.4. The van der Waals surface area contributed by atoms with E-state index in [4.69, 9.17) is 0 Å². The number of imide groups is 1. The van der Waals surface area contributed by atoms with Crippen molar-refractivity contribution in [3.8, 4) is 0 Å². The second-order valence-corrected chi connectivity index (χ2v) is 4.55. The van der Waals surface area contributed by atoms with Crippen molar-refractivity contribution in [3.63, 3.8) is 0 Å². The summed E-state index contributed by atoms with van der Waals surface area (Å²) >= 11 is 0. The van der Waals surface area contributed by atoms with E-state index in [1.165, 1.54) is 0 Å². The lowest BCUT2D eigenvalue weighted by molar-refractivity contribution is -0.134. The highest BCUT2D eigenvalue weighted by molar-refractivity contribution is 6.05. The first-order valence-corrected chi connectivity index (χ1v) is 6.59. The highest BCUT2D eigenvalue weighted by Crippen LogP contribution is 2.15. The molecule has 6 heteroatoms. The lowest BCUT2D eigenvalue weighted by atomic mass is 10.1. The van der Waals surface area contributed by atoms with Crippen LogP contribution in [0.4, 0.5) is 5.69 Å². The maximum Gasteiger partial charge on any atom is 0.254 e. The van der Waals surface area contributed by atoms with Gasteiger partial charge in [-0.1, -0.05) is 12.1 Å². The Labute approximate surface area is 116 Å². The van der Waals surface area contributed by atoms with Crippen LogP contribution in [-0.4, -0.2) is 30.3 Å². The van der Waals surface area contributed by atoms with Crippen molar-refractivity contribution in [2.75, 3.05) is 11.9 Å². The molecule has 0 saturated carbocycles. The fourth-order valence-electron chi connectivity index (χ4n) is 2.09. The van der Waals surface area contributed by atoms with Crippen LogP contribution < -0.4 is 16.0 Å². The standard InChI is InChI=1S/C14H17N3O3/c1-2-15-10-6-4-3-5-9(10)13(19)16-11-7-8-12(18)17-14(11)20/h3-6,11,15H,2,7-8H2,1H3,(H,16,19)(H,17,18,20). The number of hydrogen-bond donors (Lipinski definition) is 3. The van der Waals surface area contributed by atoms with Crippen molar-refractivity contribution >= 4 is 23.4 Å². The van der Waals surface area contributed by atoms with E-state index in [0.717, 1.165) is 5.69 Å². The molecule has 1 aromatic carbocycles. The molecular weight excluding hydrogens is 258 g/mol. The third-order valence-corrected chi connectivity index (χ3v) is 3.08. The predicted octanol–water partition coefficient (Wildman–Crippen LogP) is 0.653. The molecule has 1 unspecified atom stereocenters. The van der Waals surface area contributed by atoms with E-state index in [-0.39, 0.29) is 18.2 Å². The van der Waals surface area contributed by atoms with E-state index in [1.54, 1.807) is 12.1 Å². The van der Waals surface area contributed by atoms with E-state index in [0.29, 0.717) is 18.5 Å². The molecule has 20 heavy (non-hydrogen) atoms. The Morgan fingerprint density at radius 2 is 2.10 bits per heavy atom. The van der Waals surface area contributed by atoms with Crippen LogP contribution in [0, 0.1) is 0 Å². The van der Waals surface area contributed by atoms with Crippen LogP contribution in [-0.2, 0) is 9.59 Å². The Hall–Kier alpha value is -2.37. The Bertz CT molecular complexity index is 542. The molecule has 1 heterocycles. The minimum atomic E-state index is -0.658. The summed E-state index contributed by atoms with van der Waals surface area (Å²) in [4.78, 5) is 34.9. The molecule has 1 atom stereocenters. The second-order valence-electron chi connectivity index (χ2n) is 4.55. The van der Waals surface area contributed by atoms with Crippen molar-refractivity contribution in [2.24, 2.45) is 0 Å². The minimum absolute atomic E-state index is 0.242. The summed E-state index contributed by atoms with van der Waals surface area (Å²) in [7, 11) is 0. The van der Waals surface area contributed by atoms with Crippen molar-refractivity contribution in [2.45, 2.75) is 25.8 Å². The average Bonchev–Trinajstić information content (AvgIpc) is 2.43. The number of hydrogen-bond acceptors (Lipinski definition) is 4. The molecule has 2 rings (SSSR count). The Kier molecular flexibility index (Phi) is 4.34. The van der Waals surface area contributed by atoms with E-state index < -0.39 is 11.9 Å². The van der Waals surface area contributed by atoms with Gasteiger partial charge in [0.15, 0.2) is 0 Å². The number of carbonyl (C=O) groups excluding carboxylic acids is 3. The highest BCUT2D eigenvalue weighted by atomic mass is 16.2. The molecule has 1 aliphatic heterocycles. The number of nitrogens with one attached hydrogen (secondary N) is 3. The summed E-state index contributed by atoms with van der Waals surface area (Å²) < 4.78 is 0. The summed E-state index contributed by atoms with van der Waals surface area (Å²) in [6.07, 6.45) is 0.575. The molecule has 1 fully saturated rings. The van der Waals surface area contributed by atoms with E-state index >= 15 is 0 Å². The zero-order valence-electron chi connectivity index (χ0n) is 11.2. The monoisotopic (exact) mass is 275 g/mol. The highest BCUT2D eigenvalue weighted by Gasteiger charge is 2.28. The van der Waals surface area contributed by atoms with Gasteiger partial charge in [0, 0.05) is 18.7 Å². The maximum absolute atomic E-state index is 12.2. The molecule has 6 nitrogen and oxygen atoms in total. The largest absolute Gasteiger partial charge is 0.385 e. The summed E-state index contributed by atoms with van der Waals surface area (Å²) in [5.74, 6) is -1.07. The van der Waals surface area contributed by atoms with Crippen LogP contribution in [0.25, 0.3) is 0 Å². The first-order chi connectivity index (χ1) is 9.61. The zero-order valence-corrected chi connectivity index (χ0v) is 11.2. The molecule has 0 aliphatic carbocycles. The van der Waals surface area contributed by atoms with Crippen molar-refractivity contribution in [1.29, 1.82) is 0 Å². The fourth-order valence-corrected chi connectivity index (χ4v) is 2.09. The summed E-state index contributed by atoms with van der Waals surface area (Å²) in [5, 5.41) is 7.98. The van der Waals surface area contributed by atoms with Gasteiger partial charge in [-0.3, -0.25) is 19.7 Å². The molecule has 1 aromatic rings. The molecule has 0 aromatic heterocycles. The second kappa shape index (κ2) is 6.18. The number of anilines is 1. The SMILES string of the molecule is CCNc1ccccc1C(=O)NC1CCC(=O)NC1=O. The third kappa shape index (κ3) is 3.14. The first-order valence-electron chi connectivity index (χ1n) is 6.59. The van der Waals surface area contributed by atoms with Gasteiger partial charge in [0.25, 0.3) is 5.91 Å². The lowest BCUT2D eigenvalue weighted by Gasteiger charge is -2.22. The van der Waals surface area contributed by atoms with Crippen molar-refractivity contribution in [1.82, 2.24) is 10.6 Å². The first kappa shape index (κ1) is 14.0. The van der Waals surface area contributed by atoms with Crippen molar-refractivity contribution < 1.29 is 14.4 Å². The van der Waals surface area contributed by atoms with Crippen LogP contribution in [0.5, 0.6) is 0 Å². The molecule has 3 N–H and O–H groups in total. The van der Waals surface area contributed by atoms with Gasteiger partial charge in [0.05, 0.1) is 5.56 Å². The molecule has 1 saturated heterocycles. The molecule has 1 aliphatic rings. The minimum Gasteiger partial charge on any atom is -0.385 e. The van der Waals surface area contributed by atoms with Crippen molar-refractivity contribution in [3.05, 3.63) is 29.8 Å². The van der Waals surface area contributed by atoms with Crippen LogP contribution in [0.15, 0.2) is 24.3 Å². The van der Waals surface area contributed by atoms with E-state index in [9.17, 15) is 14.4 Å². The van der Waals surface area contributed by atoms with Crippen LogP contribution >= 0.6 is 0 Å². The number of carbonyl (C=O) groups is 3. The van der Waals surface area contributed by atoms with Gasteiger partial charge in [-0.25, -0.2) is 0 Å². The van der Waals surface area contributed by atoms with Gasteiger partial charge in [-0.05, 0) is 25.5 Å². The molecule has 106 valence electrons. The molecule has 3 amide bonds. The average molecular weight is 275 g/mol. The topological polar surface area (TPSA) is 87.3 Å². The molecule has 0 bridgehead atoms. The number of piperidine rings is 1. The Morgan fingerprint density at radius 1 is 1.35 bits per heavy atom. The zero-order chi connectivity index (χ0) is 14.5. The number of para-hydroxylation sites is 1. The Morgan fingerprint density at radius 3 is 2.80 bits per heavy atom. The van der Waals surface area contributed by atoms with Gasteiger partial charge in [-0.2, -0.15) is 0 Å². The number of amides is 3. The summed E-state index contributed by atoms with van der Waals surface area (Å²) in [6, 6.07) is 6.44. The summed E-state index contributed by atoms with van der Waals surface area (Å²) in [6.45, 7) is 2.64. The summed E-state index contributed by atoms with van der Waals surface area (Å²) in [5.41, 5.74) is 1.21. The van der Waals surface area contributed by atoms with Gasteiger partial charge in [-0.15, -0.1) is 0 Å². The third-order valence-electron chi connectivity index (χ3n) is 3.08. The van der Waals surface area contributed by atoms with Gasteiger partial charge >= 0.3 is 0 Å². The molecule has 0 radical (unpaired) electrons. The molecule has 0 spiro atoms. The molecular formula is C14H17N3O3. The lowest BCUT2D eigenvalue weighted by Crippen LogP contribution is -2.52. The van der Waals surface area contributed by atoms with Crippen LogP contribution in [0.1, 0.15) is 30.1 Å². The smallest absolute Gasteiger partial charge is 0.254 e. The fraction of sp³-hybridized carbons (Fsp3) is 0.357. The van der Waals surface area contributed by atoms with E-state index in [2.05, 4.69) is 16.0 Å². The quantitative estimate of drug-likeness (QED) is 0.704. The van der Waals surface area contributed by atoms with E-state index in [1.807, 2.05) is 19.1 Å². The predicted molar refractivity (Wildman–Crippen MR) is 74.2 cm³/mol. The van der Waals surface area contributed by atoms with Gasteiger partial charge in [0.2, 0.25) is 11.8 Å². The van der Waals surface area contributed by atoms with Gasteiger partial charge < -0.3 is 10.6 Å². The van der Waals surface area contributed by atoms with Crippen LogP contribution in [0.3, 0.4) is 0 Å². The number of benzene rings is 1. The maximum atomic E-state index is 12.2. The van der Waals surface area contributed by atoms with Crippen LogP contribution in [0.2, 0.25) is 0 Å². The Balaban J connectivity index is 2.08.